The van der Waals surface area contributed by atoms with Crippen molar-refractivity contribution in [2.45, 2.75) is 13.0 Å². The average molecular weight is 334 g/mol. The second-order valence-corrected chi connectivity index (χ2v) is 5.61. The van der Waals surface area contributed by atoms with Gasteiger partial charge in [0.05, 0.1) is 5.69 Å². The molecule has 25 heavy (non-hydrogen) atoms. The Bertz CT molecular complexity index is 1020. The lowest BCUT2D eigenvalue weighted by Crippen LogP contribution is -2.10. The summed E-state index contributed by atoms with van der Waals surface area (Å²) in [5.41, 5.74) is 2.16. The van der Waals surface area contributed by atoms with Crippen LogP contribution in [-0.4, -0.2) is 19.6 Å². The third-order valence-corrected chi connectivity index (χ3v) is 3.96. The van der Waals surface area contributed by atoms with Gasteiger partial charge < -0.3 is 4.74 Å². The molecule has 0 aliphatic carbocycles. The van der Waals surface area contributed by atoms with Crippen molar-refractivity contribution in [1.82, 2.24) is 19.6 Å². The van der Waals surface area contributed by atoms with Crippen LogP contribution in [0.2, 0.25) is 0 Å². The number of benzene rings is 2. The summed E-state index contributed by atoms with van der Waals surface area (Å²) < 4.78 is 22.0. The summed E-state index contributed by atoms with van der Waals surface area (Å²) >= 11 is 0. The molecule has 0 saturated heterocycles. The molecule has 0 unspecified atom stereocenters. The van der Waals surface area contributed by atoms with Gasteiger partial charge in [-0.15, -0.1) is 0 Å². The molecule has 0 aliphatic rings. The second-order valence-electron chi connectivity index (χ2n) is 5.61. The lowest BCUT2D eigenvalue weighted by atomic mass is 10.1. The minimum Gasteiger partial charge on any atom is -0.484 e. The smallest absolute Gasteiger partial charge is 0.252 e. The molecular formula is C19H15FN4O. The Morgan fingerprint density at radius 3 is 2.68 bits per heavy atom. The fourth-order valence-corrected chi connectivity index (χ4v) is 2.75. The van der Waals surface area contributed by atoms with E-state index in [0.717, 1.165) is 11.3 Å². The van der Waals surface area contributed by atoms with Gasteiger partial charge in [0, 0.05) is 17.8 Å². The number of fused-ring (bicyclic) bond motifs is 1. The Morgan fingerprint density at radius 2 is 1.88 bits per heavy atom. The highest BCUT2D eigenvalue weighted by atomic mass is 19.1. The SMILES string of the molecule is C[C@H](Oc1ccc(-c2ccccc2)c(F)c1)c1ccnc2ncnn12. The van der Waals surface area contributed by atoms with Crippen LogP contribution >= 0.6 is 0 Å². The molecule has 0 amide bonds. The molecule has 1 atom stereocenters. The summed E-state index contributed by atoms with van der Waals surface area (Å²) in [5, 5.41) is 4.14. The van der Waals surface area contributed by atoms with Crippen LogP contribution in [0.4, 0.5) is 4.39 Å². The normalized spacial score (nSPS) is 12.2. The van der Waals surface area contributed by atoms with E-state index in [1.807, 2.05) is 37.3 Å². The maximum atomic E-state index is 14.5. The molecule has 0 spiro atoms. The largest absolute Gasteiger partial charge is 0.484 e. The van der Waals surface area contributed by atoms with Crippen molar-refractivity contribution in [3.05, 3.63) is 78.6 Å². The van der Waals surface area contributed by atoms with Crippen LogP contribution in [0.3, 0.4) is 0 Å². The zero-order valence-electron chi connectivity index (χ0n) is 13.5. The van der Waals surface area contributed by atoms with Crippen molar-refractivity contribution >= 4 is 5.78 Å². The van der Waals surface area contributed by atoms with E-state index >= 15 is 0 Å². The highest BCUT2D eigenvalue weighted by Crippen LogP contribution is 2.28. The maximum absolute atomic E-state index is 14.5. The highest BCUT2D eigenvalue weighted by Gasteiger charge is 2.14. The van der Waals surface area contributed by atoms with E-state index in [2.05, 4.69) is 15.1 Å². The number of ether oxygens (including phenoxy) is 1. The van der Waals surface area contributed by atoms with Crippen molar-refractivity contribution in [3.8, 4) is 16.9 Å². The van der Waals surface area contributed by atoms with Gasteiger partial charge in [0.1, 0.15) is 24.0 Å². The van der Waals surface area contributed by atoms with E-state index in [0.29, 0.717) is 17.1 Å². The first-order valence-electron chi connectivity index (χ1n) is 7.88. The molecule has 0 N–H and O–H groups in total. The molecule has 124 valence electrons. The predicted octanol–water partition coefficient (Wildman–Crippen LogP) is 4.07. The predicted molar refractivity (Wildman–Crippen MR) is 91.7 cm³/mol. The Labute approximate surface area is 143 Å². The highest BCUT2D eigenvalue weighted by molar-refractivity contribution is 5.64. The van der Waals surface area contributed by atoms with E-state index in [1.54, 1.807) is 28.9 Å². The number of nitrogens with zero attached hydrogens (tertiary/aromatic N) is 4. The van der Waals surface area contributed by atoms with Gasteiger partial charge in [0.2, 0.25) is 0 Å². The zero-order chi connectivity index (χ0) is 17.2. The quantitative estimate of drug-likeness (QED) is 0.564. The summed E-state index contributed by atoms with van der Waals surface area (Å²) in [6.07, 6.45) is 2.75. The van der Waals surface area contributed by atoms with Gasteiger partial charge >= 0.3 is 0 Å². The average Bonchev–Trinajstić information content (AvgIpc) is 3.11. The first-order valence-corrected chi connectivity index (χ1v) is 7.88. The minimum absolute atomic E-state index is 0.323. The molecular weight excluding hydrogens is 319 g/mol. The summed E-state index contributed by atoms with van der Waals surface area (Å²) in [6, 6.07) is 16.1. The number of halogens is 1. The summed E-state index contributed by atoms with van der Waals surface area (Å²) in [6.45, 7) is 1.87. The minimum atomic E-state index is -0.339. The van der Waals surface area contributed by atoms with E-state index in [1.165, 1.54) is 12.4 Å². The standard InChI is InChI=1S/C19H15FN4O/c1-13(18-9-10-21-19-22-12-23-24(18)19)25-15-7-8-16(17(20)11-15)14-5-3-2-4-6-14/h2-13H,1H3/t13-/m0/s1. The molecule has 0 fully saturated rings. The maximum Gasteiger partial charge on any atom is 0.252 e. The van der Waals surface area contributed by atoms with Crippen LogP contribution < -0.4 is 4.74 Å². The molecule has 5 nitrogen and oxygen atoms in total. The molecule has 2 aromatic carbocycles. The van der Waals surface area contributed by atoms with E-state index in [9.17, 15) is 4.39 Å². The van der Waals surface area contributed by atoms with Crippen LogP contribution in [0.5, 0.6) is 5.75 Å². The summed E-state index contributed by atoms with van der Waals surface area (Å²) in [5.74, 6) is 0.629. The number of hydrogen-bond donors (Lipinski definition) is 0. The van der Waals surface area contributed by atoms with Crippen LogP contribution in [0.25, 0.3) is 16.9 Å². The van der Waals surface area contributed by atoms with Crippen molar-refractivity contribution in [1.29, 1.82) is 0 Å². The number of aromatic nitrogens is 4. The third kappa shape index (κ3) is 2.94. The number of rotatable bonds is 4. The second kappa shape index (κ2) is 6.32. The van der Waals surface area contributed by atoms with Crippen LogP contribution in [0, 0.1) is 5.82 Å². The molecule has 0 aliphatic heterocycles. The van der Waals surface area contributed by atoms with Crippen LogP contribution in [0.15, 0.2) is 67.1 Å². The van der Waals surface area contributed by atoms with Crippen molar-refractivity contribution < 1.29 is 9.13 Å². The van der Waals surface area contributed by atoms with Gasteiger partial charge in [0.25, 0.3) is 5.78 Å². The van der Waals surface area contributed by atoms with Crippen LogP contribution in [-0.2, 0) is 0 Å². The van der Waals surface area contributed by atoms with Gasteiger partial charge in [-0.1, -0.05) is 30.3 Å². The van der Waals surface area contributed by atoms with Crippen molar-refractivity contribution in [2.75, 3.05) is 0 Å². The fourth-order valence-electron chi connectivity index (χ4n) is 2.75. The van der Waals surface area contributed by atoms with Gasteiger partial charge in [0.15, 0.2) is 0 Å². The molecule has 0 radical (unpaired) electrons. The molecule has 2 heterocycles. The Kier molecular flexibility index (Phi) is 3.85. The fraction of sp³-hybridized carbons (Fsp3) is 0.105. The zero-order valence-corrected chi connectivity index (χ0v) is 13.5. The number of hydrogen-bond acceptors (Lipinski definition) is 4. The Morgan fingerprint density at radius 1 is 1.04 bits per heavy atom. The van der Waals surface area contributed by atoms with Crippen molar-refractivity contribution in [3.63, 3.8) is 0 Å². The van der Waals surface area contributed by atoms with Gasteiger partial charge in [-0.2, -0.15) is 14.6 Å². The molecule has 0 saturated carbocycles. The third-order valence-electron chi connectivity index (χ3n) is 3.96. The molecule has 6 heteroatoms. The van der Waals surface area contributed by atoms with E-state index < -0.39 is 0 Å². The lowest BCUT2D eigenvalue weighted by Gasteiger charge is -2.16. The van der Waals surface area contributed by atoms with Gasteiger partial charge in [-0.3, -0.25) is 0 Å². The summed E-state index contributed by atoms with van der Waals surface area (Å²) in [4.78, 5) is 8.18. The first kappa shape index (κ1) is 15.3. The van der Waals surface area contributed by atoms with Gasteiger partial charge in [-0.05, 0) is 30.7 Å². The van der Waals surface area contributed by atoms with Crippen LogP contribution in [0.1, 0.15) is 18.7 Å². The summed E-state index contributed by atoms with van der Waals surface area (Å²) in [7, 11) is 0. The molecule has 0 bridgehead atoms. The topological polar surface area (TPSA) is 52.3 Å². The molecule has 2 aromatic heterocycles. The molecule has 4 rings (SSSR count). The monoisotopic (exact) mass is 334 g/mol. The Balaban J connectivity index is 1.61. The van der Waals surface area contributed by atoms with Crippen molar-refractivity contribution in [2.24, 2.45) is 0 Å². The molecule has 4 aromatic rings. The van der Waals surface area contributed by atoms with E-state index in [4.69, 9.17) is 4.74 Å². The lowest BCUT2D eigenvalue weighted by molar-refractivity contribution is 0.218. The van der Waals surface area contributed by atoms with E-state index in [-0.39, 0.29) is 11.9 Å². The Hall–Kier alpha value is -3.28. The van der Waals surface area contributed by atoms with Gasteiger partial charge in [-0.25, -0.2) is 9.37 Å². The first-order chi connectivity index (χ1) is 12.2.